The summed E-state index contributed by atoms with van der Waals surface area (Å²) in [6.07, 6.45) is 2.39. The fourth-order valence-electron chi connectivity index (χ4n) is 1.62. The maximum Gasteiger partial charge on any atom is 0.254 e. The lowest BCUT2D eigenvalue weighted by molar-refractivity contribution is 0.948. The van der Waals surface area contributed by atoms with E-state index in [0.717, 1.165) is 21.1 Å². The highest BCUT2D eigenvalue weighted by Crippen LogP contribution is 2.25. The van der Waals surface area contributed by atoms with Gasteiger partial charge in [-0.15, -0.1) is 0 Å². The molecular formula is C12H11Br2N3O. The topological polar surface area (TPSA) is 58.6 Å². The predicted molar refractivity (Wildman–Crippen MR) is 77.6 cm³/mol. The van der Waals surface area contributed by atoms with Crippen molar-refractivity contribution in [2.45, 2.75) is 20.3 Å². The van der Waals surface area contributed by atoms with Crippen molar-refractivity contribution in [1.82, 2.24) is 15.0 Å². The molecule has 2 aromatic rings. The van der Waals surface area contributed by atoms with Crippen LogP contribution in [-0.2, 0) is 6.42 Å². The number of aryl methyl sites for hydroxylation is 1. The molecule has 0 unspecified atom stereocenters. The van der Waals surface area contributed by atoms with E-state index in [0.29, 0.717) is 17.1 Å². The lowest BCUT2D eigenvalue weighted by Crippen LogP contribution is -2.16. The van der Waals surface area contributed by atoms with Crippen LogP contribution < -0.4 is 5.56 Å². The highest BCUT2D eigenvalue weighted by Gasteiger charge is 2.11. The van der Waals surface area contributed by atoms with Crippen LogP contribution in [0.4, 0.5) is 0 Å². The van der Waals surface area contributed by atoms with Crippen molar-refractivity contribution < 1.29 is 0 Å². The van der Waals surface area contributed by atoms with Gasteiger partial charge >= 0.3 is 0 Å². The first-order chi connectivity index (χ1) is 8.52. The second-order valence-corrected chi connectivity index (χ2v) is 5.59. The minimum atomic E-state index is -0.117. The largest absolute Gasteiger partial charge is 0.305 e. The van der Waals surface area contributed by atoms with Gasteiger partial charge in [0, 0.05) is 20.7 Å². The lowest BCUT2D eigenvalue weighted by atomic mass is 10.2. The summed E-state index contributed by atoms with van der Waals surface area (Å²) in [5, 5.41) is 0. The summed E-state index contributed by atoms with van der Waals surface area (Å²) >= 11 is 6.76. The van der Waals surface area contributed by atoms with Gasteiger partial charge in [0.1, 0.15) is 5.69 Å². The van der Waals surface area contributed by atoms with Crippen LogP contribution in [0.3, 0.4) is 0 Å². The van der Waals surface area contributed by atoms with Crippen LogP contribution >= 0.6 is 31.9 Å². The van der Waals surface area contributed by atoms with E-state index >= 15 is 0 Å². The Balaban J connectivity index is 2.64. The van der Waals surface area contributed by atoms with Crippen molar-refractivity contribution in [1.29, 1.82) is 0 Å². The van der Waals surface area contributed by atoms with E-state index < -0.39 is 0 Å². The number of pyridine rings is 1. The fraction of sp³-hybridized carbons (Fsp3) is 0.250. The summed E-state index contributed by atoms with van der Waals surface area (Å²) in [4.78, 5) is 23.3. The molecule has 0 saturated heterocycles. The van der Waals surface area contributed by atoms with Crippen molar-refractivity contribution in [3.05, 3.63) is 42.8 Å². The Hall–Kier alpha value is -1.01. The van der Waals surface area contributed by atoms with E-state index in [9.17, 15) is 4.79 Å². The smallest absolute Gasteiger partial charge is 0.254 e. The molecule has 0 aliphatic rings. The average molecular weight is 373 g/mol. The molecule has 0 spiro atoms. The van der Waals surface area contributed by atoms with Crippen molar-refractivity contribution in [2.24, 2.45) is 0 Å². The van der Waals surface area contributed by atoms with E-state index in [1.54, 1.807) is 13.1 Å². The van der Waals surface area contributed by atoms with Gasteiger partial charge in [0.05, 0.1) is 5.69 Å². The number of hydrogen-bond acceptors (Lipinski definition) is 3. The Morgan fingerprint density at radius 3 is 2.72 bits per heavy atom. The third-order valence-electron chi connectivity index (χ3n) is 2.62. The molecule has 2 heterocycles. The number of H-pyrrole nitrogens is 1. The van der Waals surface area contributed by atoms with Crippen LogP contribution in [0.5, 0.6) is 0 Å². The maximum absolute atomic E-state index is 11.8. The highest BCUT2D eigenvalue weighted by atomic mass is 79.9. The van der Waals surface area contributed by atoms with Gasteiger partial charge in [-0.3, -0.25) is 9.78 Å². The molecule has 2 rings (SSSR count). The van der Waals surface area contributed by atoms with Gasteiger partial charge in [0.2, 0.25) is 0 Å². The molecule has 2 aromatic heterocycles. The zero-order valence-corrected chi connectivity index (χ0v) is 13.1. The Kier molecular flexibility index (Phi) is 3.97. The summed E-state index contributed by atoms with van der Waals surface area (Å²) < 4.78 is 1.65. The Morgan fingerprint density at radius 2 is 2.11 bits per heavy atom. The van der Waals surface area contributed by atoms with Crippen molar-refractivity contribution in [3.63, 3.8) is 0 Å². The third kappa shape index (κ3) is 2.54. The van der Waals surface area contributed by atoms with Crippen molar-refractivity contribution in [3.8, 4) is 11.5 Å². The fourth-order valence-corrected chi connectivity index (χ4v) is 2.80. The van der Waals surface area contributed by atoms with Crippen molar-refractivity contribution >= 4 is 31.9 Å². The molecule has 0 aromatic carbocycles. The first-order valence-corrected chi connectivity index (χ1v) is 7.02. The van der Waals surface area contributed by atoms with Crippen LogP contribution in [0.25, 0.3) is 11.5 Å². The number of aromatic amines is 1. The number of aromatic nitrogens is 3. The summed E-state index contributed by atoms with van der Waals surface area (Å²) in [7, 11) is 0. The molecule has 4 nitrogen and oxygen atoms in total. The highest BCUT2D eigenvalue weighted by molar-refractivity contribution is 9.11. The normalized spacial score (nSPS) is 10.7. The second kappa shape index (κ2) is 5.32. The molecule has 0 bridgehead atoms. The van der Waals surface area contributed by atoms with Crippen LogP contribution in [-0.4, -0.2) is 15.0 Å². The Labute approximate surface area is 121 Å². The summed E-state index contributed by atoms with van der Waals surface area (Å²) in [6, 6.07) is 1.87. The Bertz CT molecular complexity index is 652. The van der Waals surface area contributed by atoms with Gasteiger partial charge in [-0.1, -0.05) is 6.92 Å². The molecule has 1 N–H and O–H groups in total. The molecular weight excluding hydrogens is 362 g/mol. The van der Waals surface area contributed by atoms with Gasteiger partial charge in [-0.25, -0.2) is 4.98 Å². The van der Waals surface area contributed by atoms with Gasteiger partial charge in [-0.2, -0.15) is 0 Å². The molecule has 0 aliphatic carbocycles. The summed E-state index contributed by atoms with van der Waals surface area (Å²) in [6.45, 7) is 3.75. The van der Waals surface area contributed by atoms with Crippen LogP contribution in [0.1, 0.15) is 18.2 Å². The number of halogens is 2. The number of nitrogens with zero attached hydrogens (tertiary/aromatic N) is 2. The number of rotatable bonds is 2. The molecule has 0 amide bonds. The summed E-state index contributed by atoms with van der Waals surface area (Å²) in [5.74, 6) is 0.488. The van der Waals surface area contributed by atoms with Gasteiger partial charge in [0.25, 0.3) is 5.56 Å². The van der Waals surface area contributed by atoms with Gasteiger partial charge in [0.15, 0.2) is 5.82 Å². The van der Waals surface area contributed by atoms with Gasteiger partial charge < -0.3 is 4.98 Å². The van der Waals surface area contributed by atoms with E-state index in [1.807, 2.05) is 13.0 Å². The second-order valence-electron chi connectivity index (χ2n) is 3.82. The quantitative estimate of drug-likeness (QED) is 0.880. The van der Waals surface area contributed by atoms with Gasteiger partial charge in [-0.05, 0) is 51.3 Å². The molecule has 94 valence electrons. The first kappa shape index (κ1) is 13.4. The molecule has 0 radical (unpaired) electrons. The summed E-state index contributed by atoms with van der Waals surface area (Å²) in [5.41, 5.74) is 1.97. The minimum absolute atomic E-state index is 0.117. The van der Waals surface area contributed by atoms with Crippen LogP contribution in [0.15, 0.2) is 26.0 Å². The zero-order chi connectivity index (χ0) is 13.3. The van der Waals surface area contributed by atoms with E-state index in [-0.39, 0.29) is 5.56 Å². The monoisotopic (exact) mass is 371 g/mol. The average Bonchev–Trinajstić information content (AvgIpc) is 2.32. The Morgan fingerprint density at radius 1 is 1.39 bits per heavy atom. The third-order valence-corrected chi connectivity index (χ3v) is 3.66. The van der Waals surface area contributed by atoms with E-state index in [2.05, 4.69) is 46.8 Å². The molecule has 0 aliphatic heterocycles. The molecule has 6 heteroatoms. The van der Waals surface area contributed by atoms with E-state index in [1.165, 1.54) is 0 Å². The predicted octanol–water partition coefficient (Wildman–Crippen LogP) is 3.23. The maximum atomic E-state index is 11.8. The zero-order valence-electron chi connectivity index (χ0n) is 9.92. The minimum Gasteiger partial charge on any atom is -0.305 e. The van der Waals surface area contributed by atoms with Crippen LogP contribution in [0, 0.1) is 6.92 Å². The molecule has 0 fully saturated rings. The number of hydrogen-bond donors (Lipinski definition) is 1. The number of nitrogens with one attached hydrogen (secondary N) is 1. The van der Waals surface area contributed by atoms with Crippen molar-refractivity contribution in [2.75, 3.05) is 0 Å². The van der Waals surface area contributed by atoms with E-state index in [4.69, 9.17) is 0 Å². The molecule has 0 atom stereocenters. The SMILES string of the molecule is CCc1nc(-c2ncc(Br)cc2Br)[nH]c(=O)c1C. The first-order valence-electron chi connectivity index (χ1n) is 5.44. The molecule has 18 heavy (non-hydrogen) atoms. The standard InChI is InChI=1S/C12H11Br2N3O/c1-3-9-6(2)12(18)17-11(16-9)10-8(14)4-7(13)5-15-10/h4-5H,3H2,1-2H3,(H,16,17,18). The van der Waals surface area contributed by atoms with Crippen LogP contribution in [0.2, 0.25) is 0 Å². The molecule has 0 saturated carbocycles. The lowest BCUT2D eigenvalue weighted by Gasteiger charge is -2.07.